The van der Waals surface area contributed by atoms with Crippen molar-refractivity contribution in [2.24, 2.45) is 5.73 Å². The van der Waals surface area contributed by atoms with Crippen LogP contribution < -0.4 is 5.73 Å². The van der Waals surface area contributed by atoms with Gasteiger partial charge in [-0.3, -0.25) is 4.90 Å². The fraction of sp³-hybridized carbons (Fsp3) is 0.571. The molecule has 94 valence electrons. The monoisotopic (exact) mass is 233 g/mol. The van der Waals surface area contributed by atoms with Crippen molar-refractivity contribution in [1.82, 2.24) is 9.80 Å². The van der Waals surface area contributed by atoms with Crippen LogP contribution in [0.3, 0.4) is 0 Å². The quantitative estimate of drug-likeness (QED) is 0.847. The van der Waals surface area contributed by atoms with Crippen LogP contribution in [0, 0.1) is 0 Å². The topological polar surface area (TPSA) is 32.5 Å². The molecular formula is C14H23N3. The van der Waals surface area contributed by atoms with Crippen LogP contribution in [-0.4, -0.2) is 49.1 Å². The molecule has 1 saturated heterocycles. The standard InChI is InChI=1S/C14H23N3/c1-16(2)14(11-15)8-9-17(12-14)10-13-6-4-3-5-7-13/h3-7H,8-12,15H2,1-2H3. The lowest BCUT2D eigenvalue weighted by atomic mass is 9.97. The van der Waals surface area contributed by atoms with E-state index in [0.29, 0.717) is 0 Å². The van der Waals surface area contributed by atoms with Crippen LogP contribution in [0.4, 0.5) is 0 Å². The van der Waals surface area contributed by atoms with E-state index in [0.717, 1.165) is 26.2 Å². The zero-order valence-electron chi connectivity index (χ0n) is 10.9. The smallest absolute Gasteiger partial charge is 0.0464 e. The molecule has 2 rings (SSSR count). The number of likely N-dealkylation sites (tertiary alicyclic amines) is 1. The summed E-state index contributed by atoms with van der Waals surface area (Å²) in [5.74, 6) is 0. The summed E-state index contributed by atoms with van der Waals surface area (Å²) in [5.41, 5.74) is 7.52. The molecule has 0 bridgehead atoms. The number of benzene rings is 1. The van der Waals surface area contributed by atoms with Gasteiger partial charge in [-0.25, -0.2) is 0 Å². The minimum atomic E-state index is 0.175. The Balaban J connectivity index is 1.98. The molecule has 1 aliphatic heterocycles. The van der Waals surface area contributed by atoms with Crippen molar-refractivity contribution < 1.29 is 0 Å². The van der Waals surface area contributed by atoms with Gasteiger partial charge in [-0.1, -0.05) is 30.3 Å². The maximum atomic E-state index is 5.96. The second-order valence-electron chi connectivity index (χ2n) is 5.27. The summed E-state index contributed by atoms with van der Waals surface area (Å²) in [6, 6.07) is 10.7. The van der Waals surface area contributed by atoms with Gasteiger partial charge in [0.05, 0.1) is 0 Å². The first-order chi connectivity index (χ1) is 8.16. The highest BCUT2D eigenvalue weighted by Crippen LogP contribution is 2.26. The maximum Gasteiger partial charge on any atom is 0.0464 e. The average Bonchev–Trinajstić information content (AvgIpc) is 2.75. The van der Waals surface area contributed by atoms with E-state index in [1.54, 1.807) is 0 Å². The minimum Gasteiger partial charge on any atom is -0.329 e. The predicted octanol–water partition coefficient (Wildman–Crippen LogP) is 1.15. The van der Waals surface area contributed by atoms with E-state index in [2.05, 4.69) is 54.2 Å². The summed E-state index contributed by atoms with van der Waals surface area (Å²) in [6.07, 6.45) is 1.17. The number of hydrogen-bond donors (Lipinski definition) is 1. The second kappa shape index (κ2) is 5.17. The van der Waals surface area contributed by atoms with Crippen LogP contribution in [0.25, 0.3) is 0 Å². The van der Waals surface area contributed by atoms with E-state index < -0.39 is 0 Å². The summed E-state index contributed by atoms with van der Waals surface area (Å²) in [4.78, 5) is 4.79. The van der Waals surface area contributed by atoms with E-state index in [4.69, 9.17) is 5.73 Å². The van der Waals surface area contributed by atoms with Gasteiger partial charge < -0.3 is 10.6 Å². The third-order valence-corrected chi connectivity index (χ3v) is 3.99. The van der Waals surface area contributed by atoms with Gasteiger partial charge in [0.1, 0.15) is 0 Å². The molecule has 0 aliphatic carbocycles. The van der Waals surface area contributed by atoms with Gasteiger partial charge >= 0.3 is 0 Å². The van der Waals surface area contributed by atoms with Crippen LogP contribution in [0.15, 0.2) is 30.3 Å². The number of nitrogens with zero attached hydrogens (tertiary/aromatic N) is 2. The lowest BCUT2D eigenvalue weighted by molar-refractivity contribution is 0.159. The summed E-state index contributed by atoms with van der Waals surface area (Å²) < 4.78 is 0. The first-order valence-corrected chi connectivity index (χ1v) is 6.30. The Kier molecular flexibility index (Phi) is 3.82. The summed E-state index contributed by atoms with van der Waals surface area (Å²) in [5, 5.41) is 0. The van der Waals surface area contributed by atoms with E-state index in [-0.39, 0.29) is 5.54 Å². The number of likely N-dealkylation sites (N-methyl/N-ethyl adjacent to an activating group) is 1. The van der Waals surface area contributed by atoms with E-state index in [1.165, 1.54) is 12.0 Å². The molecule has 0 spiro atoms. The van der Waals surface area contributed by atoms with Crippen LogP contribution in [0.5, 0.6) is 0 Å². The molecule has 3 nitrogen and oxygen atoms in total. The first kappa shape index (κ1) is 12.6. The molecule has 1 unspecified atom stereocenters. The molecule has 0 saturated carbocycles. The number of rotatable bonds is 4. The SMILES string of the molecule is CN(C)C1(CN)CCN(Cc2ccccc2)C1. The molecule has 1 aliphatic rings. The summed E-state index contributed by atoms with van der Waals surface area (Å²) in [6.45, 7) is 4.00. The highest BCUT2D eigenvalue weighted by molar-refractivity contribution is 5.15. The summed E-state index contributed by atoms with van der Waals surface area (Å²) >= 11 is 0. The largest absolute Gasteiger partial charge is 0.329 e. The van der Waals surface area contributed by atoms with Crippen LogP contribution in [0.1, 0.15) is 12.0 Å². The van der Waals surface area contributed by atoms with Gasteiger partial charge in [-0.15, -0.1) is 0 Å². The van der Waals surface area contributed by atoms with E-state index in [1.807, 2.05) is 0 Å². The van der Waals surface area contributed by atoms with Crippen molar-refractivity contribution >= 4 is 0 Å². The lowest BCUT2D eigenvalue weighted by Gasteiger charge is -2.35. The van der Waals surface area contributed by atoms with Crippen molar-refractivity contribution in [2.45, 2.75) is 18.5 Å². The van der Waals surface area contributed by atoms with Gasteiger partial charge in [0, 0.05) is 31.7 Å². The van der Waals surface area contributed by atoms with Crippen LogP contribution in [0.2, 0.25) is 0 Å². The van der Waals surface area contributed by atoms with E-state index >= 15 is 0 Å². The molecule has 1 atom stereocenters. The van der Waals surface area contributed by atoms with Crippen molar-refractivity contribution in [2.75, 3.05) is 33.7 Å². The second-order valence-corrected chi connectivity index (χ2v) is 5.27. The van der Waals surface area contributed by atoms with Crippen molar-refractivity contribution in [3.63, 3.8) is 0 Å². The fourth-order valence-corrected chi connectivity index (χ4v) is 2.63. The van der Waals surface area contributed by atoms with Gasteiger partial charge in [0.25, 0.3) is 0 Å². The molecule has 17 heavy (non-hydrogen) atoms. The lowest BCUT2D eigenvalue weighted by Crippen LogP contribution is -2.52. The predicted molar refractivity (Wildman–Crippen MR) is 71.8 cm³/mol. The molecule has 0 radical (unpaired) electrons. The number of nitrogens with two attached hydrogens (primary N) is 1. The molecule has 1 fully saturated rings. The van der Waals surface area contributed by atoms with Gasteiger partial charge in [0.15, 0.2) is 0 Å². The highest BCUT2D eigenvalue weighted by Gasteiger charge is 2.38. The molecule has 1 aromatic carbocycles. The van der Waals surface area contributed by atoms with Gasteiger partial charge in [0.2, 0.25) is 0 Å². The van der Waals surface area contributed by atoms with Gasteiger partial charge in [-0.2, -0.15) is 0 Å². The zero-order chi connectivity index (χ0) is 12.3. The van der Waals surface area contributed by atoms with Gasteiger partial charge in [-0.05, 0) is 26.1 Å². The van der Waals surface area contributed by atoms with Crippen molar-refractivity contribution in [3.05, 3.63) is 35.9 Å². The fourth-order valence-electron chi connectivity index (χ4n) is 2.63. The third kappa shape index (κ3) is 2.68. The Morgan fingerprint density at radius 1 is 1.29 bits per heavy atom. The van der Waals surface area contributed by atoms with Crippen molar-refractivity contribution in [1.29, 1.82) is 0 Å². The average molecular weight is 233 g/mol. The van der Waals surface area contributed by atoms with Crippen LogP contribution in [-0.2, 0) is 6.54 Å². The molecule has 1 aromatic rings. The Hall–Kier alpha value is -0.900. The Morgan fingerprint density at radius 2 is 2.00 bits per heavy atom. The molecule has 1 heterocycles. The molecule has 2 N–H and O–H groups in total. The Labute approximate surface area is 104 Å². The Morgan fingerprint density at radius 3 is 2.53 bits per heavy atom. The number of hydrogen-bond acceptors (Lipinski definition) is 3. The first-order valence-electron chi connectivity index (χ1n) is 6.30. The minimum absolute atomic E-state index is 0.175. The molecule has 0 amide bonds. The maximum absolute atomic E-state index is 5.96. The Bertz CT molecular complexity index is 350. The molecular weight excluding hydrogens is 210 g/mol. The molecule has 0 aromatic heterocycles. The normalized spacial score (nSPS) is 25.6. The molecule has 3 heteroatoms. The highest BCUT2D eigenvalue weighted by atomic mass is 15.3. The van der Waals surface area contributed by atoms with Crippen molar-refractivity contribution in [3.8, 4) is 0 Å². The summed E-state index contributed by atoms with van der Waals surface area (Å²) in [7, 11) is 4.28. The zero-order valence-corrected chi connectivity index (χ0v) is 10.9. The van der Waals surface area contributed by atoms with Crippen LogP contribution >= 0.6 is 0 Å². The third-order valence-electron chi connectivity index (χ3n) is 3.99. The van der Waals surface area contributed by atoms with E-state index in [9.17, 15) is 0 Å².